The first kappa shape index (κ1) is 9.92. The van der Waals surface area contributed by atoms with Crippen molar-refractivity contribution in [1.29, 1.82) is 0 Å². The molecule has 1 rings (SSSR count). The predicted octanol–water partition coefficient (Wildman–Crippen LogP) is 2.22. The molecule has 68 valence electrons. The van der Waals surface area contributed by atoms with Crippen molar-refractivity contribution < 1.29 is 9.47 Å². The van der Waals surface area contributed by atoms with Gasteiger partial charge in [0, 0.05) is 11.2 Å². The minimum absolute atomic E-state index is 0.0931. The van der Waals surface area contributed by atoms with Crippen LogP contribution in [-0.4, -0.2) is 23.8 Å². The van der Waals surface area contributed by atoms with Crippen molar-refractivity contribution in [1.82, 2.24) is 0 Å². The summed E-state index contributed by atoms with van der Waals surface area (Å²) in [4.78, 5) is 0. The number of hydrogen-bond acceptors (Lipinski definition) is 2. The molecule has 0 N–H and O–H groups in total. The first-order valence-electron chi connectivity index (χ1n) is 3.80. The van der Waals surface area contributed by atoms with Crippen molar-refractivity contribution >= 4 is 24.7 Å². The largest absolute Gasteiger partial charge is 0.488 e. The molecular weight excluding hydrogens is 267 g/mol. The SMILES string of the molecule is COCC(C)OC1=CI=CC=C1. The Morgan fingerprint density at radius 1 is 1.58 bits per heavy atom. The minimum atomic E-state index is 0.0931. The fraction of sp³-hybridized carbons (Fsp3) is 0.444. The molecule has 0 aromatic carbocycles. The second-order valence-corrected chi connectivity index (χ2v) is 4.57. The molecule has 0 bridgehead atoms. The van der Waals surface area contributed by atoms with E-state index in [4.69, 9.17) is 9.47 Å². The third-order valence-electron chi connectivity index (χ3n) is 1.32. The van der Waals surface area contributed by atoms with Crippen LogP contribution in [0.3, 0.4) is 0 Å². The number of ether oxygens (including phenoxy) is 2. The van der Waals surface area contributed by atoms with Gasteiger partial charge in [0.25, 0.3) is 0 Å². The Bertz CT molecular complexity index is 219. The van der Waals surface area contributed by atoms with Gasteiger partial charge in [-0.3, -0.25) is 0 Å². The average Bonchev–Trinajstić information content (AvgIpc) is 2.06. The van der Waals surface area contributed by atoms with Crippen LogP contribution < -0.4 is 0 Å². The van der Waals surface area contributed by atoms with E-state index in [0.29, 0.717) is 6.61 Å². The lowest BCUT2D eigenvalue weighted by Gasteiger charge is -2.14. The van der Waals surface area contributed by atoms with Crippen LogP contribution in [0.15, 0.2) is 22.0 Å². The molecule has 1 atom stereocenters. The topological polar surface area (TPSA) is 18.5 Å². The van der Waals surface area contributed by atoms with Crippen molar-refractivity contribution in [3.63, 3.8) is 0 Å². The van der Waals surface area contributed by atoms with E-state index in [0.717, 1.165) is 5.76 Å². The maximum absolute atomic E-state index is 5.59. The van der Waals surface area contributed by atoms with Gasteiger partial charge in [-0.05, 0) is 17.0 Å². The highest BCUT2D eigenvalue weighted by Crippen LogP contribution is 2.14. The molecule has 0 saturated carbocycles. The lowest BCUT2D eigenvalue weighted by atomic mass is 10.4. The van der Waals surface area contributed by atoms with Crippen LogP contribution in [0.4, 0.5) is 0 Å². The standard InChI is InChI=1S/C9H13IO2/c1-8(7-11-2)12-9-4-3-5-10-6-9/h3-6,8H,7H2,1-2H3. The van der Waals surface area contributed by atoms with E-state index >= 15 is 0 Å². The van der Waals surface area contributed by atoms with Gasteiger partial charge < -0.3 is 9.47 Å². The Hall–Kier alpha value is -0.160. The van der Waals surface area contributed by atoms with E-state index in [2.05, 4.69) is 14.2 Å². The maximum Gasteiger partial charge on any atom is 0.125 e. The average molecular weight is 280 g/mol. The molecule has 0 aromatic rings. The normalized spacial score (nSPS) is 18.0. The van der Waals surface area contributed by atoms with E-state index in [-0.39, 0.29) is 26.8 Å². The predicted molar refractivity (Wildman–Crippen MR) is 59.7 cm³/mol. The van der Waals surface area contributed by atoms with E-state index in [1.165, 1.54) is 0 Å². The van der Waals surface area contributed by atoms with Crippen molar-refractivity contribution in [2.24, 2.45) is 0 Å². The minimum Gasteiger partial charge on any atom is -0.488 e. The Morgan fingerprint density at radius 2 is 2.42 bits per heavy atom. The van der Waals surface area contributed by atoms with Crippen LogP contribution in [-0.2, 0) is 9.47 Å². The highest BCUT2D eigenvalue weighted by molar-refractivity contribution is 14.2. The molecule has 0 amide bonds. The summed E-state index contributed by atoms with van der Waals surface area (Å²) in [6.07, 6.45) is 4.20. The molecule has 1 aliphatic heterocycles. The Balaban J connectivity index is 2.36. The number of methoxy groups -OCH3 is 1. The van der Waals surface area contributed by atoms with Gasteiger partial charge in [-0.15, -0.1) is 0 Å². The first-order valence-corrected chi connectivity index (χ1v) is 6.29. The Kier molecular flexibility index (Phi) is 4.53. The van der Waals surface area contributed by atoms with Crippen LogP contribution in [0.25, 0.3) is 0 Å². The van der Waals surface area contributed by atoms with Crippen molar-refractivity contribution in [3.05, 3.63) is 22.0 Å². The van der Waals surface area contributed by atoms with Gasteiger partial charge in [-0.2, -0.15) is 0 Å². The smallest absolute Gasteiger partial charge is 0.125 e. The van der Waals surface area contributed by atoms with Gasteiger partial charge in [-0.25, -0.2) is 0 Å². The highest BCUT2D eigenvalue weighted by atomic mass is 127. The third kappa shape index (κ3) is 3.49. The van der Waals surface area contributed by atoms with E-state index in [1.54, 1.807) is 7.11 Å². The van der Waals surface area contributed by atoms with E-state index in [9.17, 15) is 0 Å². The zero-order valence-electron chi connectivity index (χ0n) is 7.29. The number of rotatable bonds is 4. The Labute approximate surface area is 83.0 Å². The van der Waals surface area contributed by atoms with Gasteiger partial charge in [0.05, 0.1) is 6.61 Å². The summed E-state index contributed by atoms with van der Waals surface area (Å²) in [7, 11) is 1.69. The van der Waals surface area contributed by atoms with Crippen molar-refractivity contribution in [2.75, 3.05) is 13.7 Å². The summed E-state index contributed by atoms with van der Waals surface area (Å²) in [6, 6.07) is 0. The van der Waals surface area contributed by atoms with Crippen LogP contribution in [0.2, 0.25) is 0 Å². The fourth-order valence-corrected chi connectivity index (χ4v) is 2.24. The maximum atomic E-state index is 5.59. The summed E-state index contributed by atoms with van der Waals surface area (Å²) in [6.45, 7) is 2.65. The fourth-order valence-electron chi connectivity index (χ4n) is 0.874. The van der Waals surface area contributed by atoms with Crippen molar-refractivity contribution in [3.8, 4) is 0 Å². The van der Waals surface area contributed by atoms with Crippen molar-refractivity contribution in [2.45, 2.75) is 13.0 Å². The summed E-state index contributed by atoms with van der Waals surface area (Å²) in [5.74, 6) is 0.995. The lowest BCUT2D eigenvalue weighted by molar-refractivity contribution is 0.0537. The number of halogens is 1. The number of allylic oxidation sites excluding steroid dienone is 2. The summed E-state index contributed by atoms with van der Waals surface area (Å²) >= 11 is 0.0931. The van der Waals surface area contributed by atoms with E-state index < -0.39 is 0 Å². The van der Waals surface area contributed by atoms with Gasteiger partial charge in [0.2, 0.25) is 0 Å². The zero-order valence-corrected chi connectivity index (χ0v) is 9.45. The first-order chi connectivity index (χ1) is 5.83. The summed E-state index contributed by atoms with van der Waals surface area (Å²) < 4.78 is 14.9. The number of hydrogen-bond donors (Lipinski definition) is 0. The molecule has 1 heterocycles. The molecule has 0 aliphatic carbocycles. The van der Waals surface area contributed by atoms with Gasteiger partial charge in [-0.1, -0.05) is 26.8 Å². The highest BCUT2D eigenvalue weighted by Gasteiger charge is 2.03. The molecule has 0 fully saturated rings. The molecular formula is C9H13IO2. The van der Waals surface area contributed by atoms with Gasteiger partial charge >= 0.3 is 0 Å². The summed E-state index contributed by atoms with van der Waals surface area (Å²) in [5, 5.41) is 0. The summed E-state index contributed by atoms with van der Waals surface area (Å²) in [5.41, 5.74) is 0. The molecule has 2 nitrogen and oxygen atoms in total. The van der Waals surface area contributed by atoms with Crippen LogP contribution in [0, 0.1) is 0 Å². The monoisotopic (exact) mass is 280 g/mol. The molecule has 0 aromatic heterocycles. The molecule has 3 heteroatoms. The molecule has 1 unspecified atom stereocenters. The Morgan fingerprint density at radius 3 is 3.00 bits per heavy atom. The van der Waals surface area contributed by atoms with Gasteiger partial charge in [0.1, 0.15) is 11.9 Å². The zero-order chi connectivity index (χ0) is 8.81. The molecule has 1 aliphatic rings. The van der Waals surface area contributed by atoms with E-state index in [1.807, 2.05) is 13.0 Å². The molecule has 0 spiro atoms. The molecule has 12 heavy (non-hydrogen) atoms. The third-order valence-corrected chi connectivity index (χ3v) is 3.12. The lowest BCUT2D eigenvalue weighted by Crippen LogP contribution is -2.13. The van der Waals surface area contributed by atoms with Crippen LogP contribution >= 0.6 is 20.7 Å². The van der Waals surface area contributed by atoms with Gasteiger partial charge in [0.15, 0.2) is 0 Å². The second-order valence-electron chi connectivity index (χ2n) is 2.51. The molecule has 0 radical (unpaired) electrons. The molecule has 0 saturated heterocycles. The van der Waals surface area contributed by atoms with Crippen LogP contribution in [0.1, 0.15) is 6.92 Å². The second kappa shape index (κ2) is 5.48. The van der Waals surface area contributed by atoms with Crippen LogP contribution in [0.5, 0.6) is 0 Å². The quantitative estimate of drug-likeness (QED) is 0.735.